The van der Waals surface area contributed by atoms with Crippen LogP contribution in [-0.4, -0.2) is 18.6 Å². The summed E-state index contributed by atoms with van der Waals surface area (Å²) in [7, 11) is 0. The average Bonchev–Trinajstić information content (AvgIpc) is 1.88. The van der Waals surface area contributed by atoms with Crippen LogP contribution < -0.4 is 0 Å². The van der Waals surface area contributed by atoms with E-state index in [4.69, 9.17) is 10.00 Å². The van der Waals surface area contributed by atoms with E-state index in [1.165, 1.54) is 0 Å². The highest BCUT2D eigenvalue weighted by molar-refractivity contribution is 5.73. The smallest absolute Gasteiger partial charge is 0.223 e. The van der Waals surface area contributed by atoms with E-state index in [9.17, 15) is 0 Å². The minimum Gasteiger partial charge on any atom is -0.456 e. The first kappa shape index (κ1) is 5.89. The number of hydrogen-bond acceptors (Lipinski definition) is 4. The SMILES string of the molecule is CC1=NOCC(C#N)O1. The molecule has 0 radical (unpaired) electrons. The second kappa shape index (κ2) is 2.35. The van der Waals surface area contributed by atoms with Gasteiger partial charge in [0.1, 0.15) is 6.07 Å². The lowest BCUT2D eigenvalue weighted by molar-refractivity contribution is 0.0340. The number of oxime groups is 1. The Labute approximate surface area is 52.7 Å². The van der Waals surface area contributed by atoms with Crippen molar-refractivity contribution >= 4 is 5.90 Å². The van der Waals surface area contributed by atoms with Crippen LogP contribution in [0.4, 0.5) is 0 Å². The summed E-state index contributed by atoms with van der Waals surface area (Å²) in [6.07, 6.45) is -0.484. The molecule has 0 aromatic rings. The summed E-state index contributed by atoms with van der Waals surface area (Å²) in [5, 5.41) is 11.8. The van der Waals surface area contributed by atoms with E-state index >= 15 is 0 Å². The van der Waals surface area contributed by atoms with Gasteiger partial charge >= 0.3 is 0 Å². The van der Waals surface area contributed by atoms with Gasteiger partial charge in [-0.1, -0.05) is 5.16 Å². The maximum absolute atomic E-state index is 8.30. The molecule has 4 heteroatoms. The third-order valence-electron chi connectivity index (χ3n) is 0.876. The van der Waals surface area contributed by atoms with Crippen LogP contribution >= 0.6 is 0 Å². The molecular formula is C5H6N2O2. The lowest BCUT2D eigenvalue weighted by Crippen LogP contribution is -2.24. The molecule has 1 unspecified atom stereocenters. The molecule has 4 nitrogen and oxygen atoms in total. The second-order valence-corrected chi connectivity index (χ2v) is 1.64. The predicted molar refractivity (Wildman–Crippen MR) is 29.5 cm³/mol. The quantitative estimate of drug-likeness (QED) is 0.467. The fraction of sp³-hybridized carbons (Fsp3) is 0.600. The first-order valence-electron chi connectivity index (χ1n) is 2.56. The molecule has 1 aliphatic rings. The molecule has 9 heavy (non-hydrogen) atoms. The molecule has 1 aliphatic heterocycles. The molecule has 0 N–H and O–H groups in total. The van der Waals surface area contributed by atoms with Crippen LogP contribution in [0.25, 0.3) is 0 Å². The van der Waals surface area contributed by atoms with Crippen molar-refractivity contribution < 1.29 is 9.57 Å². The number of nitriles is 1. The first-order valence-corrected chi connectivity index (χ1v) is 2.56. The van der Waals surface area contributed by atoms with Crippen molar-refractivity contribution in [3.8, 4) is 6.07 Å². The van der Waals surface area contributed by atoms with E-state index in [-0.39, 0.29) is 6.61 Å². The van der Waals surface area contributed by atoms with E-state index in [0.29, 0.717) is 5.90 Å². The third kappa shape index (κ3) is 1.32. The van der Waals surface area contributed by atoms with Gasteiger partial charge in [-0.15, -0.1) is 0 Å². The molecule has 1 atom stereocenters. The maximum atomic E-state index is 8.30. The van der Waals surface area contributed by atoms with Gasteiger partial charge in [-0.3, -0.25) is 0 Å². The molecule has 0 saturated carbocycles. The van der Waals surface area contributed by atoms with Gasteiger partial charge < -0.3 is 9.57 Å². The summed E-state index contributed by atoms with van der Waals surface area (Å²) in [6, 6.07) is 1.91. The Morgan fingerprint density at radius 2 is 2.67 bits per heavy atom. The Hall–Kier alpha value is -1.24. The average molecular weight is 126 g/mol. The Morgan fingerprint density at radius 1 is 1.89 bits per heavy atom. The summed E-state index contributed by atoms with van der Waals surface area (Å²) < 4.78 is 4.90. The fourth-order valence-electron chi connectivity index (χ4n) is 0.521. The van der Waals surface area contributed by atoms with Crippen LogP contribution in [0, 0.1) is 11.3 Å². The van der Waals surface area contributed by atoms with Crippen molar-refractivity contribution in [2.24, 2.45) is 5.16 Å². The van der Waals surface area contributed by atoms with Crippen LogP contribution in [0.5, 0.6) is 0 Å². The Morgan fingerprint density at radius 3 is 3.11 bits per heavy atom. The molecule has 1 rings (SSSR count). The van der Waals surface area contributed by atoms with Gasteiger partial charge in [0.2, 0.25) is 12.0 Å². The van der Waals surface area contributed by atoms with Crippen LogP contribution in [-0.2, 0) is 9.57 Å². The van der Waals surface area contributed by atoms with Crippen LogP contribution in [0.3, 0.4) is 0 Å². The van der Waals surface area contributed by atoms with Crippen molar-refractivity contribution in [2.45, 2.75) is 13.0 Å². The summed E-state index contributed by atoms with van der Waals surface area (Å²) in [4.78, 5) is 4.63. The number of rotatable bonds is 0. The molecular weight excluding hydrogens is 120 g/mol. The lowest BCUT2D eigenvalue weighted by atomic mass is 10.4. The lowest BCUT2D eigenvalue weighted by Gasteiger charge is -2.14. The summed E-state index contributed by atoms with van der Waals surface area (Å²) in [5.74, 6) is 0.410. The van der Waals surface area contributed by atoms with Crippen LogP contribution in [0.2, 0.25) is 0 Å². The summed E-state index contributed by atoms with van der Waals surface area (Å²) in [6.45, 7) is 1.87. The van der Waals surface area contributed by atoms with Crippen molar-refractivity contribution in [2.75, 3.05) is 6.61 Å². The minimum atomic E-state index is -0.484. The van der Waals surface area contributed by atoms with E-state index in [1.54, 1.807) is 6.92 Å². The van der Waals surface area contributed by atoms with Gasteiger partial charge in [0, 0.05) is 6.92 Å². The second-order valence-electron chi connectivity index (χ2n) is 1.64. The molecule has 0 spiro atoms. The van der Waals surface area contributed by atoms with Gasteiger partial charge in [-0.25, -0.2) is 0 Å². The summed E-state index contributed by atoms with van der Waals surface area (Å²) >= 11 is 0. The predicted octanol–water partition coefficient (Wildman–Crippen LogP) is 0.259. The highest BCUT2D eigenvalue weighted by atomic mass is 16.7. The first-order chi connectivity index (χ1) is 4.33. The van der Waals surface area contributed by atoms with Crippen molar-refractivity contribution in [3.05, 3.63) is 0 Å². The normalized spacial score (nSPS) is 24.9. The van der Waals surface area contributed by atoms with Gasteiger partial charge in [-0.05, 0) is 0 Å². The monoisotopic (exact) mass is 126 g/mol. The largest absolute Gasteiger partial charge is 0.456 e. The zero-order chi connectivity index (χ0) is 6.69. The Balaban J connectivity index is 2.51. The molecule has 0 aromatic heterocycles. The van der Waals surface area contributed by atoms with Crippen LogP contribution in [0.15, 0.2) is 5.16 Å². The van der Waals surface area contributed by atoms with E-state index in [0.717, 1.165) is 0 Å². The van der Waals surface area contributed by atoms with Gasteiger partial charge in [-0.2, -0.15) is 5.26 Å². The van der Waals surface area contributed by atoms with Crippen molar-refractivity contribution in [3.63, 3.8) is 0 Å². The Bertz CT molecular complexity index is 170. The summed E-state index contributed by atoms with van der Waals surface area (Å²) in [5.41, 5.74) is 0. The highest BCUT2D eigenvalue weighted by Gasteiger charge is 2.14. The highest BCUT2D eigenvalue weighted by Crippen LogP contribution is 2.00. The van der Waals surface area contributed by atoms with E-state index in [2.05, 4.69) is 9.99 Å². The van der Waals surface area contributed by atoms with Crippen molar-refractivity contribution in [1.82, 2.24) is 0 Å². The fourth-order valence-corrected chi connectivity index (χ4v) is 0.521. The topological polar surface area (TPSA) is 54.6 Å². The van der Waals surface area contributed by atoms with E-state index < -0.39 is 6.10 Å². The standard InChI is InChI=1S/C5H6N2O2/c1-4-7-8-3-5(2-6)9-4/h5H,3H2,1H3. The molecule has 0 amide bonds. The molecule has 0 fully saturated rings. The molecule has 0 saturated heterocycles. The number of nitrogens with zero attached hydrogens (tertiary/aromatic N) is 2. The maximum Gasteiger partial charge on any atom is 0.223 e. The molecule has 0 bridgehead atoms. The van der Waals surface area contributed by atoms with Gasteiger partial charge in [0.15, 0.2) is 6.61 Å². The molecule has 0 aliphatic carbocycles. The van der Waals surface area contributed by atoms with Crippen molar-refractivity contribution in [1.29, 1.82) is 5.26 Å². The third-order valence-corrected chi connectivity index (χ3v) is 0.876. The molecule has 0 aromatic carbocycles. The zero-order valence-corrected chi connectivity index (χ0v) is 5.00. The zero-order valence-electron chi connectivity index (χ0n) is 5.00. The van der Waals surface area contributed by atoms with Gasteiger partial charge in [0.05, 0.1) is 0 Å². The van der Waals surface area contributed by atoms with Gasteiger partial charge in [0.25, 0.3) is 0 Å². The minimum absolute atomic E-state index is 0.230. The number of hydrogen-bond donors (Lipinski definition) is 0. The number of ether oxygens (including phenoxy) is 1. The van der Waals surface area contributed by atoms with E-state index in [1.807, 2.05) is 6.07 Å². The molecule has 48 valence electrons. The van der Waals surface area contributed by atoms with Crippen LogP contribution in [0.1, 0.15) is 6.92 Å². The Kier molecular flexibility index (Phi) is 1.54. The molecule has 1 heterocycles.